The highest BCUT2D eigenvalue weighted by molar-refractivity contribution is 5.89. The Hall–Kier alpha value is -2.74. The summed E-state index contributed by atoms with van der Waals surface area (Å²) in [4.78, 5) is 12.1. The molecule has 5 nitrogen and oxygen atoms in total. The molecule has 2 aromatic rings. The second-order valence-corrected chi connectivity index (χ2v) is 5.98. The first-order valence-electron chi connectivity index (χ1n) is 8.04. The molecule has 0 bridgehead atoms. The summed E-state index contributed by atoms with van der Waals surface area (Å²) in [5, 5.41) is 8.29. The fraction of sp³-hybridized carbons (Fsp3) is 0.278. The molecule has 0 aliphatic carbocycles. The number of nitrogens with one attached hydrogen (secondary N) is 3. The zero-order valence-electron chi connectivity index (χ0n) is 14.0. The van der Waals surface area contributed by atoms with Gasteiger partial charge in [0.2, 0.25) is 0 Å². The molecule has 26 heavy (non-hydrogen) atoms. The number of methoxy groups -OCH3 is 1. The average molecular weight is 365 g/mol. The Labute approximate surface area is 148 Å². The zero-order chi connectivity index (χ0) is 18.7. The van der Waals surface area contributed by atoms with E-state index in [-0.39, 0.29) is 11.3 Å². The van der Waals surface area contributed by atoms with Gasteiger partial charge in [0.1, 0.15) is 23.2 Å². The van der Waals surface area contributed by atoms with Crippen LogP contribution in [0, 0.1) is 17.5 Å². The van der Waals surface area contributed by atoms with E-state index in [1.807, 2.05) is 0 Å². The SMILES string of the molecule is COc1cc(F)c([C@@H]2CNC[C@H]2NC(=O)Nc2ccc(F)cc2)c(F)c1. The lowest BCUT2D eigenvalue weighted by Crippen LogP contribution is -2.42. The molecule has 0 aromatic heterocycles. The molecular weight excluding hydrogens is 347 g/mol. The number of ether oxygens (including phenoxy) is 1. The van der Waals surface area contributed by atoms with E-state index in [1.165, 1.54) is 31.4 Å². The smallest absolute Gasteiger partial charge is 0.319 e. The molecule has 0 saturated carbocycles. The molecule has 0 unspecified atom stereocenters. The van der Waals surface area contributed by atoms with E-state index in [0.29, 0.717) is 18.8 Å². The first kappa shape index (κ1) is 18.1. The average Bonchev–Trinajstić information content (AvgIpc) is 3.04. The van der Waals surface area contributed by atoms with E-state index in [4.69, 9.17) is 4.74 Å². The van der Waals surface area contributed by atoms with Gasteiger partial charge in [0, 0.05) is 42.4 Å². The van der Waals surface area contributed by atoms with Gasteiger partial charge in [-0.15, -0.1) is 0 Å². The van der Waals surface area contributed by atoms with Crippen molar-refractivity contribution in [2.24, 2.45) is 0 Å². The van der Waals surface area contributed by atoms with Crippen LogP contribution in [0.3, 0.4) is 0 Å². The molecule has 1 aliphatic rings. The first-order valence-corrected chi connectivity index (χ1v) is 8.04. The van der Waals surface area contributed by atoms with Gasteiger partial charge in [0.25, 0.3) is 0 Å². The van der Waals surface area contributed by atoms with Crippen molar-refractivity contribution < 1.29 is 22.7 Å². The Morgan fingerprint density at radius 2 is 1.77 bits per heavy atom. The van der Waals surface area contributed by atoms with Gasteiger partial charge in [-0.3, -0.25) is 0 Å². The molecule has 1 saturated heterocycles. The van der Waals surface area contributed by atoms with E-state index in [9.17, 15) is 18.0 Å². The third kappa shape index (κ3) is 3.91. The number of hydrogen-bond donors (Lipinski definition) is 3. The summed E-state index contributed by atoms with van der Waals surface area (Å²) < 4.78 is 46.4. The normalized spacial score (nSPS) is 19.2. The molecule has 1 aliphatic heterocycles. The van der Waals surface area contributed by atoms with E-state index in [0.717, 1.165) is 12.1 Å². The summed E-state index contributed by atoms with van der Waals surface area (Å²) in [6.45, 7) is 0.689. The molecule has 8 heteroatoms. The molecular formula is C18H18F3N3O2. The fourth-order valence-electron chi connectivity index (χ4n) is 3.04. The van der Waals surface area contributed by atoms with Gasteiger partial charge in [-0.25, -0.2) is 18.0 Å². The maximum atomic E-state index is 14.3. The van der Waals surface area contributed by atoms with Gasteiger partial charge in [-0.05, 0) is 24.3 Å². The molecule has 0 spiro atoms. The molecule has 0 radical (unpaired) electrons. The minimum absolute atomic E-state index is 0.0910. The summed E-state index contributed by atoms with van der Waals surface area (Å²) in [5.74, 6) is -2.34. The van der Waals surface area contributed by atoms with Crippen LogP contribution >= 0.6 is 0 Å². The van der Waals surface area contributed by atoms with Gasteiger partial charge in [-0.1, -0.05) is 0 Å². The molecule has 2 atom stereocenters. The van der Waals surface area contributed by atoms with E-state index in [1.54, 1.807) is 0 Å². The van der Waals surface area contributed by atoms with E-state index >= 15 is 0 Å². The lowest BCUT2D eigenvalue weighted by Gasteiger charge is -2.22. The molecule has 1 fully saturated rings. The van der Waals surface area contributed by atoms with Crippen LogP contribution in [-0.4, -0.2) is 32.3 Å². The number of carbonyl (C=O) groups is 1. The Morgan fingerprint density at radius 1 is 1.12 bits per heavy atom. The van der Waals surface area contributed by atoms with Crippen molar-refractivity contribution in [2.75, 3.05) is 25.5 Å². The summed E-state index contributed by atoms with van der Waals surface area (Å²) in [5.41, 5.74) is 0.316. The van der Waals surface area contributed by atoms with Crippen molar-refractivity contribution in [1.29, 1.82) is 0 Å². The standard InChI is InChI=1S/C18H18F3N3O2/c1-26-12-6-14(20)17(15(21)7-12)13-8-22-9-16(13)24-18(25)23-11-4-2-10(19)3-5-11/h2-7,13,16,22H,8-9H2,1H3,(H2,23,24,25)/t13-,16-/m1/s1. The maximum Gasteiger partial charge on any atom is 0.319 e. The highest BCUT2D eigenvalue weighted by Gasteiger charge is 2.34. The van der Waals surface area contributed by atoms with Crippen LogP contribution < -0.4 is 20.7 Å². The van der Waals surface area contributed by atoms with Crippen molar-refractivity contribution in [1.82, 2.24) is 10.6 Å². The van der Waals surface area contributed by atoms with Crippen LogP contribution in [0.2, 0.25) is 0 Å². The number of halogens is 3. The second-order valence-electron chi connectivity index (χ2n) is 5.98. The third-order valence-electron chi connectivity index (χ3n) is 4.29. The van der Waals surface area contributed by atoms with Crippen molar-refractivity contribution in [2.45, 2.75) is 12.0 Å². The predicted octanol–water partition coefficient (Wildman–Crippen LogP) is 2.99. The lowest BCUT2D eigenvalue weighted by atomic mass is 9.93. The van der Waals surface area contributed by atoms with Gasteiger partial charge in [0.15, 0.2) is 0 Å². The number of benzene rings is 2. The maximum absolute atomic E-state index is 14.3. The topological polar surface area (TPSA) is 62.4 Å². The molecule has 3 rings (SSSR count). The Balaban J connectivity index is 1.72. The number of carbonyl (C=O) groups excluding carboxylic acids is 1. The second kappa shape index (κ2) is 7.65. The molecule has 3 N–H and O–H groups in total. The van der Waals surface area contributed by atoms with Crippen LogP contribution in [0.15, 0.2) is 36.4 Å². The Bertz CT molecular complexity index is 776. The van der Waals surface area contributed by atoms with Crippen molar-refractivity contribution in [3.63, 3.8) is 0 Å². The van der Waals surface area contributed by atoms with Gasteiger partial charge in [0.05, 0.1) is 13.2 Å². The van der Waals surface area contributed by atoms with Gasteiger partial charge in [-0.2, -0.15) is 0 Å². The summed E-state index contributed by atoms with van der Waals surface area (Å²) in [6.07, 6.45) is 0. The van der Waals surface area contributed by atoms with E-state index in [2.05, 4.69) is 16.0 Å². The van der Waals surface area contributed by atoms with Crippen LogP contribution in [0.5, 0.6) is 5.75 Å². The number of amides is 2. The number of anilines is 1. The van der Waals surface area contributed by atoms with Crippen LogP contribution in [0.4, 0.5) is 23.7 Å². The highest BCUT2D eigenvalue weighted by Crippen LogP contribution is 2.31. The summed E-state index contributed by atoms with van der Waals surface area (Å²) >= 11 is 0. The fourth-order valence-corrected chi connectivity index (χ4v) is 3.04. The first-order chi connectivity index (χ1) is 12.5. The quantitative estimate of drug-likeness (QED) is 0.781. The number of rotatable bonds is 4. The van der Waals surface area contributed by atoms with Crippen molar-refractivity contribution in [3.05, 3.63) is 59.4 Å². The van der Waals surface area contributed by atoms with Crippen LogP contribution in [0.1, 0.15) is 11.5 Å². The highest BCUT2D eigenvalue weighted by atomic mass is 19.1. The van der Waals surface area contributed by atoms with E-state index < -0.39 is 35.4 Å². The largest absolute Gasteiger partial charge is 0.497 e. The van der Waals surface area contributed by atoms with Gasteiger partial charge < -0.3 is 20.7 Å². The third-order valence-corrected chi connectivity index (χ3v) is 4.29. The minimum Gasteiger partial charge on any atom is -0.497 e. The summed E-state index contributed by atoms with van der Waals surface area (Å²) in [6, 6.07) is 6.47. The Kier molecular flexibility index (Phi) is 5.32. The lowest BCUT2D eigenvalue weighted by molar-refractivity contribution is 0.248. The Morgan fingerprint density at radius 3 is 2.38 bits per heavy atom. The van der Waals surface area contributed by atoms with Crippen molar-refractivity contribution >= 4 is 11.7 Å². The number of hydrogen-bond acceptors (Lipinski definition) is 3. The van der Waals surface area contributed by atoms with Crippen LogP contribution in [0.25, 0.3) is 0 Å². The van der Waals surface area contributed by atoms with Crippen molar-refractivity contribution in [3.8, 4) is 5.75 Å². The van der Waals surface area contributed by atoms with Gasteiger partial charge >= 0.3 is 6.03 Å². The zero-order valence-corrected chi connectivity index (χ0v) is 14.0. The van der Waals surface area contributed by atoms with Crippen LogP contribution in [-0.2, 0) is 0 Å². The summed E-state index contributed by atoms with van der Waals surface area (Å²) in [7, 11) is 1.33. The number of urea groups is 1. The monoisotopic (exact) mass is 365 g/mol. The molecule has 138 valence electrons. The minimum atomic E-state index is -0.721. The molecule has 2 amide bonds. The predicted molar refractivity (Wildman–Crippen MR) is 90.9 cm³/mol. The molecule has 1 heterocycles. The molecule has 2 aromatic carbocycles.